The largest absolute Gasteiger partial charge is 0.478 e. The lowest BCUT2D eigenvalue weighted by Crippen LogP contribution is -2.36. The minimum atomic E-state index is -1.10. The number of hydrogen-bond acceptors (Lipinski definition) is 3. The fourth-order valence-electron chi connectivity index (χ4n) is 2.38. The van der Waals surface area contributed by atoms with Crippen LogP contribution in [-0.4, -0.2) is 23.5 Å². The Morgan fingerprint density at radius 3 is 2.38 bits per heavy atom. The van der Waals surface area contributed by atoms with Crippen molar-refractivity contribution >= 4 is 23.5 Å². The molecule has 0 fully saturated rings. The second kappa shape index (κ2) is 7.09. The number of amides is 1. The molecule has 0 spiro atoms. The van der Waals surface area contributed by atoms with Crippen molar-refractivity contribution in [2.75, 3.05) is 6.54 Å². The molecule has 0 saturated heterocycles. The van der Waals surface area contributed by atoms with E-state index in [1.807, 2.05) is 26.0 Å². The topological polar surface area (TPSA) is 79.5 Å². The molecule has 1 aromatic carbocycles. The number of carbonyl (C=O) groups excluding carboxylic acids is 1. The van der Waals surface area contributed by atoms with Gasteiger partial charge >= 0.3 is 5.97 Å². The predicted molar refractivity (Wildman–Crippen MR) is 91.9 cm³/mol. The summed E-state index contributed by atoms with van der Waals surface area (Å²) in [6, 6.07) is 8.71. The number of benzene rings is 1. The van der Waals surface area contributed by atoms with Crippen molar-refractivity contribution in [3.63, 3.8) is 0 Å². The van der Waals surface area contributed by atoms with E-state index in [9.17, 15) is 9.59 Å². The number of rotatable bonds is 6. The average Bonchev–Trinajstić information content (AvgIpc) is 2.98. The minimum Gasteiger partial charge on any atom is -0.478 e. The number of aromatic carboxylic acids is 1. The van der Waals surface area contributed by atoms with E-state index in [-0.39, 0.29) is 16.7 Å². The van der Waals surface area contributed by atoms with E-state index in [2.05, 4.69) is 5.32 Å². The Balaban J connectivity index is 2.09. The number of carboxylic acid groups (broad SMARTS) is 1. The molecule has 0 saturated carbocycles. The van der Waals surface area contributed by atoms with Gasteiger partial charge in [0.2, 0.25) is 0 Å². The Hall–Kier alpha value is -2.27. The summed E-state index contributed by atoms with van der Waals surface area (Å²) in [6.45, 7) is 6.15. The first-order valence-electron chi connectivity index (χ1n) is 7.65. The molecule has 0 aliphatic carbocycles. The summed E-state index contributed by atoms with van der Waals surface area (Å²) < 4.78 is 5.36. The van der Waals surface area contributed by atoms with Gasteiger partial charge in [-0.15, -0.1) is 0 Å². The number of furan rings is 1. The van der Waals surface area contributed by atoms with E-state index >= 15 is 0 Å². The summed E-state index contributed by atoms with van der Waals surface area (Å²) in [4.78, 5) is 23.4. The second-order valence-corrected chi connectivity index (χ2v) is 6.62. The monoisotopic (exact) mass is 349 g/mol. The van der Waals surface area contributed by atoms with Crippen LogP contribution in [0.2, 0.25) is 5.02 Å². The van der Waals surface area contributed by atoms with Crippen LogP contribution in [-0.2, 0) is 11.8 Å². The molecule has 2 rings (SSSR count). The van der Waals surface area contributed by atoms with E-state index in [0.717, 1.165) is 5.56 Å². The summed E-state index contributed by atoms with van der Waals surface area (Å²) >= 11 is 5.90. The number of aryl methyl sites for hydroxylation is 1. The van der Waals surface area contributed by atoms with E-state index in [0.29, 0.717) is 23.7 Å². The fourth-order valence-corrected chi connectivity index (χ4v) is 2.50. The smallest absolute Gasteiger partial charge is 0.339 e. The molecule has 1 heterocycles. The van der Waals surface area contributed by atoms with Crippen molar-refractivity contribution in [2.24, 2.45) is 0 Å². The standard InChI is InChI=1S/C18H20ClNO4/c1-4-14-13(17(22)23)9-15(24-14)16(21)20-10-18(2,3)11-5-7-12(19)8-6-11/h5-9H,4,10H2,1-3H3,(H,20,21)(H,22,23). The van der Waals surface area contributed by atoms with Crippen LogP contribution < -0.4 is 5.32 Å². The van der Waals surface area contributed by atoms with E-state index in [1.54, 1.807) is 19.1 Å². The first kappa shape index (κ1) is 18.1. The molecule has 24 heavy (non-hydrogen) atoms. The third-order valence-electron chi connectivity index (χ3n) is 3.90. The van der Waals surface area contributed by atoms with Crippen LogP contribution in [0.3, 0.4) is 0 Å². The summed E-state index contributed by atoms with van der Waals surface area (Å²) in [5.41, 5.74) is 0.752. The van der Waals surface area contributed by atoms with Gasteiger partial charge in [-0.1, -0.05) is 44.5 Å². The van der Waals surface area contributed by atoms with E-state index < -0.39 is 11.9 Å². The van der Waals surface area contributed by atoms with Crippen molar-refractivity contribution in [2.45, 2.75) is 32.6 Å². The van der Waals surface area contributed by atoms with Gasteiger partial charge in [-0.05, 0) is 17.7 Å². The molecule has 0 radical (unpaired) electrons. The fraction of sp³-hybridized carbons (Fsp3) is 0.333. The third-order valence-corrected chi connectivity index (χ3v) is 4.15. The van der Waals surface area contributed by atoms with Gasteiger partial charge < -0.3 is 14.8 Å². The van der Waals surface area contributed by atoms with Crippen molar-refractivity contribution in [1.29, 1.82) is 0 Å². The zero-order valence-corrected chi connectivity index (χ0v) is 14.6. The Bertz CT molecular complexity index is 747. The molecule has 1 amide bonds. The summed E-state index contributed by atoms with van der Waals surface area (Å²) in [6.07, 6.45) is 0.408. The molecule has 0 aliphatic rings. The number of hydrogen-bond donors (Lipinski definition) is 2. The van der Waals surface area contributed by atoms with Crippen molar-refractivity contribution in [1.82, 2.24) is 5.32 Å². The van der Waals surface area contributed by atoms with Gasteiger partial charge in [-0.3, -0.25) is 4.79 Å². The number of nitrogens with one attached hydrogen (secondary N) is 1. The number of halogens is 1. The molecule has 2 aromatic rings. The van der Waals surface area contributed by atoms with E-state index in [1.165, 1.54) is 6.07 Å². The van der Waals surface area contributed by atoms with Crippen LogP contribution in [0.25, 0.3) is 0 Å². The summed E-state index contributed by atoms with van der Waals surface area (Å²) in [5.74, 6) is -1.23. The molecular formula is C18H20ClNO4. The van der Waals surface area contributed by atoms with Crippen LogP contribution in [0.15, 0.2) is 34.7 Å². The molecule has 128 valence electrons. The maximum absolute atomic E-state index is 12.3. The van der Waals surface area contributed by atoms with Gasteiger partial charge in [0, 0.05) is 29.5 Å². The molecule has 0 bridgehead atoms. The van der Waals surface area contributed by atoms with Crippen LogP contribution in [0, 0.1) is 0 Å². The highest BCUT2D eigenvalue weighted by Gasteiger charge is 2.24. The average molecular weight is 350 g/mol. The normalized spacial score (nSPS) is 11.3. The first-order chi connectivity index (χ1) is 11.2. The van der Waals surface area contributed by atoms with Crippen molar-refractivity contribution < 1.29 is 19.1 Å². The second-order valence-electron chi connectivity index (χ2n) is 6.18. The van der Waals surface area contributed by atoms with E-state index in [4.69, 9.17) is 21.1 Å². The lowest BCUT2D eigenvalue weighted by molar-refractivity contribution is 0.0694. The molecule has 5 nitrogen and oxygen atoms in total. The van der Waals surface area contributed by atoms with Gasteiger partial charge in [-0.25, -0.2) is 4.79 Å². The molecule has 6 heteroatoms. The van der Waals surface area contributed by atoms with Crippen molar-refractivity contribution in [3.05, 3.63) is 58.0 Å². The lowest BCUT2D eigenvalue weighted by Gasteiger charge is -2.25. The number of carboxylic acids is 1. The van der Waals surface area contributed by atoms with Crippen LogP contribution >= 0.6 is 11.6 Å². The quantitative estimate of drug-likeness (QED) is 0.828. The van der Waals surface area contributed by atoms with Crippen LogP contribution in [0.1, 0.15) is 53.0 Å². The van der Waals surface area contributed by atoms with Gasteiger partial charge in [0.15, 0.2) is 5.76 Å². The highest BCUT2D eigenvalue weighted by Crippen LogP contribution is 2.24. The molecule has 0 atom stereocenters. The zero-order chi connectivity index (χ0) is 17.9. The molecular weight excluding hydrogens is 330 g/mol. The highest BCUT2D eigenvalue weighted by molar-refractivity contribution is 6.30. The predicted octanol–water partition coefficient (Wildman–Crippen LogP) is 3.90. The maximum Gasteiger partial charge on any atom is 0.339 e. The zero-order valence-electron chi connectivity index (χ0n) is 13.9. The molecule has 0 aliphatic heterocycles. The molecule has 2 N–H and O–H groups in total. The van der Waals surface area contributed by atoms with Crippen molar-refractivity contribution in [3.8, 4) is 0 Å². The summed E-state index contributed by atoms with van der Waals surface area (Å²) in [7, 11) is 0. The SMILES string of the molecule is CCc1oc(C(=O)NCC(C)(C)c2ccc(Cl)cc2)cc1C(=O)O. The maximum atomic E-state index is 12.3. The Morgan fingerprint density at radius 1 is 1.25 bits per heavy atom. The first-order valence-corrected chi connectivity index (χ1v) is 8.02. The van der Waals surface area contributed by atoms with Crippen LogP contribution in [0.5, 0.6) is 0 Å². The third kappa shape index (κ3) is 3.97. The van der Waals surface area contributed by atoms with Gasteiger partial charge in [-0.2, -0.15) is 0 Å². The van der Waals surface area contributed by atoms with Gasteiger partial charge in [0.05, 0.1) is 0 Å². The minimum absolute atomic E-state index is 0.0103. The Kier molecular flexibility index (Phi) is 5.34. The Labute approximate surface area is 145 Å². The lowest BCUT2D eigenvalue weighted by atomic mass is 9.84. The van der Waals surface area contributed by atoms with Gasteiger partial charge in [0.1, 0.15) is 11.3 Å². The molecule has 1 aromatic heterocycles. The molecule has 0 unspecified atom stereocenters. The van der Waals surface area contributed by atoms with Gasteiger partial charge in [0.25, 0.3) is 5.91 Å². The van der Waals surface area contributed by atoms with Crippen LogP contribution in [0.4, 0.5) is 0 Å². The summed E-state index contributed by atoms with van der Waals surface area (Å²) in [5, 5.41) is 12.6. The number of carbonyl (C=O) groups is 2. The Morgan fingerprint density at radius 2 is 1.88 bits per heavy atom. The highest BCUT2D eigenvalue weighted by atomic mass is 35.5.